The maximum atomic E-state index is 12.5. The highest BCUT2D eigenvalue weighted by molar-refractivity contribution is 5.21. The number of aliphatic hydroxyl groups is 1. The number of benzene rings is 1. The Bertz CT molecular complexity index is 285. The molecule has 1 N–H and O–H groups in total. The lowest BCUT2D eigenvalue weighted by atomic mass is 10.2. The van der Waals surface area contributed by atoms with Gasteiger partial charge in [-0.25, -0.2) is 17.6 Å². The van der Waals surface area contributed by atoms with E-state index in [0.29, 0.717) is 0 Å². The van der Waals surface area contributed by atoms with Crippen LogP contribution >= 0.6 is 0 Å². The topological polar surface area (TPSA) is 20.2 Å². The summed E-state index contributed by atoms with van der Waals surface area (Å²) >= 11 is 0. The Labute approximate surface area is 65.3 Å². The smallest absolute Gasteiger partial charge is 0.167 e. The lowest BCUT2D eigenvalue weighted by Gasteiger charge is -2.02. The highest BCUT2D eigenvalue weighted by atomic mass is 19.2. The third-order valence-corrected chi connectivity index (χ3v) is 1.36. The normalized spacial score (nSPS) is 10.4. The molecule has 66 valence electrons. The highest BCUT2D eigenvalue weighted by Gasteiger charge is 2.17. The van der Waals surface area contributed by atoms with Gasteiger partial charge in [-0.3, -0.25) is 0 Å². The van der Waals surface area contributed by atoms with Crippen molar-refractivity contribution < 1.29 is 22.7 Å². The monoisotopic (exact) mass is 180 g/mol. The molecule has 0 aliphatic rings. The van der Waals surface area contributed by atoms with Crippen LogP contribution in [0.3, 0.4) is 0 Å². The van der Waals surface area contributed by atoms with E-state index in [0.717, 1.165) is 0 Å². The maximum Gasteiger partial charge on any atom is 0.167 e. The van der Waals surface area contributed by atoms with Crippen LogP contribution in [-0.2, 0) is 6.61 Å². The summed E-state index contributed by atoms with van der Waals surface area (Å²) in [5, 5.41) is 8.33. The van der Waals surface area contributed by atoms with E-state index in [1.54, 1.807) is 0 Å². The first-order valence-electron chi connectivity index (χ1n) is 3.00. The molecule has 0 bridgehead atoms. The minimum absolute atomic E-state index is 0.0871. The van der Waals surface area contributed by atoms with Crippen molar-refractivity contribution in [2.45, 2.75) is 6.61 Å². The molecule has 0 saturated carbocycles. The van der Waals surface area contributed by atoms with E-state index in [1.807, 2.05) is 0 Å². The van der Waals surface area contributed by atoms with E-state index in [-0.39, 0.29) is 6.07 Å². The summed E-state index contributed by atoms with van der Waals surface area (Å²) in [7, 11) is 0. The van der Waals surface area contributed by atoms with Crippen LogP contribution in [0.5, 0.6) is 0 Å². The molecule has 0 amide bonds. The van der Waals surface area contributed by atoms with Crippen LogP contribution in [0.25, 0.3) is 0 Å². The van der Waals surface area contributed by atoms with Crippen molar-refractivity contribution in [3.8, 4) is 0 Å². The molecule has 1 nitrogen and oxygen atoms in total. The predicted octanol–water partition coefficient (Wildman–Crippen LogP) is 1.74. The van der Waals surface area contributed by atoms with Gasteiger partial charge in [-0.2, -0.15) is 0 Å². The molecule has 1 aromatic rings. The molecule has 0 aliphatic carbocycles. The van der Waals surface area contributed by atoms with Crippen molar-refractivity contribution in [2.75, 3.05) is 0 Å². The Morgan fingerprint density at radius 2 is 1.42 bits per heavy atom. The number of aliphatic hydroxyl groups excluding tert-OH is 1. The standard InChI is InChI=1S/C7H4F4O/c8-4-1-5(9)7(11)3(2-12)6(4)10/h1,12H,2H2. The Morgan fingerprint density at radius 3 is 1.75 bits per heavy atom. The molecule has 12 heavy (non-hydrogen) atoms. The van der Waals surface area contributed by atoms with Gasteiger partial charge in [-0.15, -0.1) is 0 Å². The lowest BCUT2D eigenvalue weighted by molar-refractivity contribution is 0.263. The predicted molar refractivity (Wildman–Crippen MR) is 32.2 cm³/mol. The molecule has 0 aliphatic heterocycles. The average molecular weight is 180 g/mol. The maximum absolute atomic E-state index is 12.5. The number of hydrogen-bond donors (Lipinski definition) is 1. The average Bonchev–Trinajstić information content (AvgIpc) is 2.02. The van der Waals surface area contributed by atoms with Crippen LogP contribution < -0.4 is 0 Å². The second-order valence-corrected chi connectivity index (χ2v) is 2.10. The van der Waals surface area contributed by atoms with Gasteiger partial charge in [0, 0.05) is 6.07 Å². The quantitative estimate of drug-likeness (QED) is 0.515. The van der Waals surface area contributed by atoms with Gasteiger partial charge < -0.3 is 5.11 Å². The third-order valence-electron chi connectivity index (χ3n) is 1.36. The van der Waals surface area contributed by atoms with E-state index >= 15 is 0 Å². The zero-order valence-electron chi connectivity index (χ0n) is 5.74. The van der Waals surface area contributed by atoms with Crippen molar-refractivity contribution in [3.05, 3.63) is 34.9 Å². The molecule has 0 atom stereocenters. The Balaban J connectivity index is 3.42. The first kappa shape index (κ1) is 8.99. The summed E-state index contributed by atoms with van der Waals surface area (Å²) < 4.78 is 49.6. The van der Waals surface area contributed by atoms with Gasteiger partial charge in [0.1, 0.15) is 0 Å². The van der Waals surface area contributed by atoms with Gasteiger partial charge in [0.25, 0.3) is 0 Å². The van der Waals surface area contributed by atoms with E-state index < -0.39 is 35.4 Å². The minimum Gasteiger partial charge on any atom is -0.391 e. The van der Waals surface area contributed by atoms with E-state index in [1.165, 1.54) is 0 Å². The van der Waals surface area contributed by atoms with Gasteiger partial charge in [0.2, 0.25) is 0 Å². The van der Waals surface area contributed by atoms with Gasteiger partial charge in [-0.1, -0.05) is 0 Å². The molecular formula is C7H4F4O. The second kappa shape index (κ2) is 3.10. The molecule has 0 fully saturated rings. The molecule has 0 aromatic heterocycles. The molecule has 0 radical (unpaired) electrons. The molecule has 5 heteroatoms. The third kappa shape index (κ3) is 1.27. The molecule has 0 saturated heterocycles. The lowest BCUT2D eigenvalue weighted by Crippen LogP contribution is -2.01. The molecular weight excluding hydrogens is 176 g/mol. The summed E-state index contributed by atoms with van der Waals surface area (Å²) in [5.41, 5.74) is -0.993. The summed E-state index contributed by atoms with van der Waals surface area (Å²) in [6.07, 6.45) is 0. The van der Waals surface area contributed by atoms with Crippen LogP contribution in [0.2, 0.25) is 0 Å². The highest BCUT2D eigenvalue weighted by Crippen LogP contribution is 2.18. The van der Waals surface area contributed by atoms with Gasteiger partial charge in [0.15, 0.2) is 23.3 Å². The Hall–Kier alpha value is -1.10. The van der Waals surface area contributed by atoms with Crippen molar-refractivity contribution >= 4 is 0 Å². The summed E-state index contributed by atoms with van der Waals surface area (Å²) in [4.78, 5) is 0. The summed E-state index contributed by atoms with van der Waals surface area (Å²) in [6, 6.07) is 0.0871. The molecule has 1 rings (SSSR count). The molecule has 0 unspecified atom stereocenters. The Morgan fingerprint density at radius 1 is 1.00 bits per heavy atom. The fourth-order valence-corrected chi connectivity index (χ4v) is 0.761. The van der Waals surface area contributed by atoms with Crippen LogP contribution in [-0.4, -0.2) is 5.11 Å². The second-order valence-electron chi connectivity index (χ2n) is 2.10. The van der Waals surface area contributed by atoms with Crippen LogP contribution in [0.4, 0.5) is 17.6 Å². The van der Waals surface area contributed by atoms with Crippen LogP contribution in [0, 0.1) is 23.3 Å². The fourth-order valence-electron chi connectivity index (χ4n) is 0.761. The molecule has 0 heterocycles. The van der Waals surface area contributed by atoms with Crippen molar-refractivity contribution in [2.24, 2.45) is 0 Å². The number of hydrogen-bond acceptors (Lipinski definition) is 1. The van der Waals surface area contributed by atoms with E-state index in [2.05, 4.69) is 0 Å². The first-order valence-corrected chi connectivity index (χ1v) is 3.00. The largest absolute Gasteiger partial charge is 0.391 e. The number of rotatable bonds is 1. The fraction of sp³-hybridized carbons (Fsp3) is 0.143. The molecule has 1 aromatic carbocycles. The summed E-state index contributed by atoms with van der Waals surface area (Å²) in [5.74, 6) is -6.15. The van der Waals surface area contributed by atoms with Crippen LogP contribution in [0.15, 0.2) is 6.07 Å². The minimum atomic E-state index is -1.56. The van der Waals surface area contributed by atoms with E-state index in [4.69, 9.17) is 5.11 Å². The first-order chi connectivity index (χ1) is 5.57. The number of halogens is 4. The SMILES string of the molecule is OCc1c(F)c(F)cc(F)c1F. The Kier molecular flexibility index (Phi) is 2.32. The zero-order valence-corrected chi connectivity index (χ0v) is 5.74. The van der Waals surface area contributed by atoms with Gasteiger partial charge in [0.05, 0.1) is 12.2 Å². The van der Waals surface area contributed by atoms with Gasteiger partial charge in [-0.05, 0) is 0 Å². The van der Waals surface area contributed by atoms with Crippen molar-refractivity contribution in [3.63, 3.8) is 0 Å². The van der Waals surface area contributed by atoms with Gasteiger partial charge >= 0.3 is 0 Å². The zero-order chi connectivity index (χ0) is 9.30. The molecule has 0 spiro atoms. The van der Waals surface area contributed by atoms with Crippen molar-refractivity contribution in [1.29, 1.82) is 0 Å². The van der Waals surface area contributed by atoms with E-state index in [9.17, 15) is 17.6 Å². The summed E-state index contributed by atoms with van der Waals surface area (Å²) in [6.45, 7) is -1.08. The van der Waals surface area contributed by atoms with Crippen LogP contribution in [0.1, 0.15) is 5.56 Å². The van der Waals surface area contributed by atoms with Crippen molar-refractivity contribution in [1.82, 2.24) is 0 Å².